The third kappa shape index (κ3) is 5.15. The maximum Gasteiger partial charge on any atom is 0.251 e. The van der Waals surface area contributed by atoms with Gasteiger partial charge in [-0.05, 0) is 25.1 Å². The number of methoxy groups -OCH3 is 1. The average molecular weight is 268 g/mol. The Balaban J connectivity index is 2.39. The fraction of sp³-hybridized carbons (Fsp3) is 0.462. The first-order valence-electron chi connectivity index (χ1n) is 6.08. The normalized spacial score (nSPS) is 11.9. The van der Waals surface area contributed by atoms with Crippen molar-refractivity contribution in [3.63, 3.8) is 0 Å². The highest BCUT2D eigenvalue weighted by molar-refractivity contribution is 5.94. The summed E-state index contributed by atoms with van der Waals surface area (Å²) in [5.74, 6) is -0.00525. The second-order valence-electron chi connectivity index (χ2n) is 4.20. The molecule has 1 rings (SSSR count). The molecule has 0 bridgehead atoms. The molecule has 0 aliphatic carbocycles. The fourth-order valence-electron chi connectivity index (χ4n) is 1.51. The number of aliphatic hydroxyl groups excluding tert-OH is 1. The summed E-state index contributed by atoms with van der Waals surface area (Å²) in [5.41, 5.74) is 0.369. The van der Waals surface area contributed by atoms with Crippen LogP contribution in [-0.2, 0) is 0 Å². The number of nitrogens with one attached hydrogen (secondary N) is 2. The zero-order valence-electron chi connectivity index (χ0n) is 11.1. The Morgan fingerprint density at radius 3 is 2.74 bits per heavy atom. The summed E-state index contributed by atoms with van der Waals surface area (Å²) >= 11 is 0. The number of benzene rings is 1. The number of hydrogen-bond acceptors (Lipinski definition) is 5. The number of rotatable bonds is 7. The van der Waals surface area contributed by atoms with E-state index in [1.165, 1.54) is 19.2 Å². The van der Waals surface area contributed by atoms with E-state index in [0.29, 0.717) is 30.9 Å². The zero-order valence-corrected chi connectivity index (χ0v) is 11.1. The number of hydrogen-bond donors (Lipinski definition) is 4. The lowest BCUT2D eigenvalue weighted by atomic mass is 10.2. The van der Waals surface area contributed by atoms with Crippen LogP contribution in [0.3, 0.4) is 0 Å². The third-order valence-electron chi connectivity index (χ3n) is 2.47. The van der Waals surface area contributed by atoms with Crippen LogP contribution in [0.25, 0.3) is 0 Å². The standard InChI is InChI=1S/C13H20N2O4/c1-9(16)8-14-5-6-15-13(18)10-3-4-12(19-2)11(17)7-10/h3-4,7,9,14,16-17H,5-6,8H2,1-2H3,(H,15,18). The van der Waals surface area contributed by atoms with Crippen LogP contribution in [0, 0.1) is 0 Å². The van der Waals surface area contributed by atoms with Crippen molar-refractivity contribution in [3.8, 4) is 11.5 Å². The number of carbonyl (C=O) groups is 1. The van der Waals surface area contributed by atoms with Crippen molar-refractivity contribution in [1.82, 2.24) is 10.6 Å². The Morgan fingerprint density at radius 2 is 2.16 bits per heavy atom. The molecule has 0 saturated heterocycles. The minimum atomic E-state index is -0.408. The molecule has 4 N–H and O–H groups in total. The van der Waals surface area contributed by atoms with Crippen LogP contribution in [-0.4, -0.2) is 49.0 Å². The van der Waals surface area contributed by atoms with Gasteiger partial charge in [0.25, 0.3) is 5.91 Å². The largest absolute Gasteiger partial charge is 0.504 e. The van der Waals surface area contributed by atoms with Crippen molar-refractivity contribution in [2.45, 2.75) is 13.0 Å². The maximum absolute atomic E-state index is 11.8. The van der Waals surface area contributed by atoms with Gasteiger partial charge in [0.1, 0.15) is 0 Å². The van der Waals surface area contributed by atoms with Crippen molar-refractivity contribution in [2.24, 2.45) is 0 Å². The summed E-state index contributed by atoms with van der Waals surface area (Å²) in [6.45, 7) is 3.18. The van der Waals surface area contributed by atoms with E-state index >= 15 is 0 Å². The van der Waals surface area contributed by atoms with Crippen molar-refractivity contribution in [2.75, 3.05) is 26.7 Å². The van der Waals surface area contributed by atoms with E-state index in [-0.39, 0.29) is 11.7 Å². The molecule has 1 aromatic rings. The molecule has 19 heavy (non-hydrogen) atoms. The minimum absolute atomic E-state index is 0.0672. The Hall–Kier alpha value is -1.79. The van der Waals surface area contributed by atoms with Gasteiger partial charge < -0.3 is 25.6 Å². The topological polar surface area (TPSA) is 90.8 Å². The SMILES string of the molecule is COc1ccc(C(=O)NCCNCC(C)O)cc1O. The smallest absolute Gasteiger partial charge is 0.251 e. The van der Waals surface area contributed by atoms with Gasteiger partial charge in [0.15, 0.2) is 11.5 Å². The highest BCUT2D eigenvalue weighted by Gasteiger charge is 2.08. The molecule has 0 saturated carbocycles. The molecule has 0 aliphatic rings. The molecule has 0 spiro atoms. The lowest BCUT2D eigenvalue weighted by Gasteiger charge is -2.09. The molecular formula is C13H20N2O4. The molecule has 1 amide bonds. The van der Waals surface area contributed by atoms with E-state index in [1.54, 1.807) is 13.0 Å². The number of carbonyl (C=O) groups excluding carboxylic acids is 1. The van der Waals surface area contributed by atoms with Crippen LogP contribution < -0.4 is 15.4 Å². The number of phenolic OH excluding ortho intramolecular Hbond substituents is 1. The van der Waals surface area contributed by atoms with Crippen molar-refractivity contribution in [3.05, 3.63) is 23.8 Å². The predicted molar refractivity (Wildman–Crippen MR) is 71.5 cm³/mol. The lowest BCUT2D eigenvalue weighted by molar-refractivity contribution is 0.0953. The van der Waals surface area contributed by atoms with E-state index < -0.39 is 6.10 Å². The van der Waals surface area contributed by atoms with E-state index in [4.69, 9.17) is 9.84 Å². The first kappa shape index (κ1) is 15.3. The summed E-state index contributed by atoms with van der Waals surface area (Å²) in [6, 6.07) is 4.48. The average Bonchev–Trinajstić information content (AvgIpc) is 2.37. The molecule has 106 valence electrons. The highest BCUT2D eigenvalue weighted by atomic mass is 16.5. The number of aromatic hydroxyl groups is 1. The molecule has 0 aliphatic heterocycles. The summed E-state index contributed by atoms with van der Waals surface area (Å²) in [5, 5.41) is 24.3. The Labute approximate surface area is 112 Å². The van der Waals surface area contributed by atoms with E-state index in [0.717, 1.165) is 0 Å². The zero-order chi connectivity index (χ0) is 14.3. The first-order chi connectivity index (χ1) is 9.04. The van der Waals surface area contributed by atoms with Crippen molar-refractivity contribution < 1.29 is 19.7 Å². The van der Waals surface area contributed by atoms with Gasteiger partial charge in [-0.25, -0.2) is 0 Å². The van der Waals surface area contributed by atoms with E-state index in [9.17, 15) is 9.90 Å². The first-order valence-corrected chi connectivity index (χ1v) is 6.08. The lowest BCUT2D eigenvalue weighted by Crippen LogP contribution is -2.34. The maximum atomic E-state index is 11.8. The van der Waals surface area contributed by atoms with E-state index in [1.807, 2.05) is 0 Å². The van der Waals surface area contributed by atoms with Gasteiger partial charge in [-0.1, -0.05) is 0 Å². The quantitative estimate of drug-likeness (QED) is 0.527. The molecule has 6 heteroatoms. The third-order valence-corrected chi connectivity index (χ3v) is 2.47. The van der Waals surface area contributed by atoms with Crippen LogP contribution >= 0.6 is 0 Å². The molecule has 0 heterocycles. The molecule has 1 unspecified atom stereocenters. The molecule has 1 aromatic carbocycles. The minimum Gasteiger partial charge on any atom is -0.504 e. The van der Waals surface area contributed by atoms with Crippen molar-refractivity contribution in [1.29, 1.82) is 0 Å². The Kier molecular flexibility index (Phi) is 6.11. The number of amides is 1. The summed E-state index contributed by atoms with van der Waals surface area (Å²) < 4.78 is 4.90. The van der Waals surface area contributed by atoms with Gasteiger partial charge in [0.05, 0.1) is 13.2 Å². The summed E-state index contributed by atoms with van der Waals surface area (Å²) in [7, 11) is 1.45. The monoisotopic (exact) mass is 268 g/mol. The Morgan fingerprint density at radius 1 is 1.42 bits per heavy atom. The van der Waals surface area contributed by atoms with Crippen LogP contribution in [0.2, 0.25) is 0 Å². The van der Waals surface area contributed by atoms with Gasteiger partial charge in [-0.15, -0.1) is 0 Å². The van der Waals surface area contributed by atoms with Crippen LogP contribution in [0.4, 0.5) is 0 Å². The predicted octanol–water partition coefficient (Wildman–Crippen LogP) is 0.101. The number of phenols is 1. The molecule has 0 fully saturated rings. The molecule has 1 atom stereocenters. The van der Waals surface area contributed by atoms with E-state index in [2.05, 4.69) is 10.6 Å². The highest BCUT2D eigenvalue weighted by Crippen LogP contribution is 2.25. The van der Waals surface area contributed by atoms with Crippen LogP contribution in [0.5, 0.6) is 11.5 Å². The van der Waals surface area contributed by atoms with Gasteiger partial charge in [-0.3, -0.25) is 4.79 Å². The summed E-state index contributed by atoms with van der Waals surface area (Å²) in [6.07, 6.45) is -0.408. The molecule has 0 aromatic heterocycles. The Bertz CT molecular complexity index is 421. The molecular weight excluding hydrogens is 248 g/mol. The summed E-state index contributed by atoms with van der Waals surface area (Å²) in [4.78, 5) is 11.8. The van der Waals surface area contributed by atoms with Crippen molar-refractivity contribution >= 4 is 5.91 Å². The van der Waals surface area contributed by atoms with Gasteiger partial charge in [0, 0.05) is 25.2 Å². The molecule has 6 nitrogen and oxygen atoms in total. The number of ether oxygens (including phenoxy) is 1. The van der Waals surface area contributed by atoms with Gasteiger partial charge in [0.2, 0.25) is 0 Å². The van der Waals surface area contributed by atoms with Gasteiger partial charge >= 0.3 is 0 Å². The fourth-order valence-corrected chi connectivity index (χ4v) is 1.51. The second kappa shape index (κ2) is 7.60. The van der Waals surface area contributed by atoms with Crippen LogP contribution in [0.1, 0.15) is 17.3 Å². The van der Waals surface area contributed by atoms with Crippen LogP contribution in [0.15, 0.2) is 18.2 Å². The molecule has 0 radical (unpaired) electrons. The van der Waals surface area contributed by atoms with Gasteiger partial charge in [-0.2, -0.15) is 0 Å². The second-order valence-corrected chi connectivity index (χ2v) is 4.20. The number of aliphatic hydroxyl groups is 1.